The zero-order valence-electron chi connectivity index (χ0n) is 15.1. The van der Waals surface area contributed by atoms with E-state index in [0.29, 0.717) is 11.3 Å². The number of hydrogen-bond acceptors (Lipinski definition) is 5. The van der Waals surface area contributed by atoms with Gasteiger partial charge in [-0.15, -0.1) is 0 Å². The molecule has 1 aliphatic rings. The van der Waals surface area contributed by atoms with Crippen LogP contribution in [0, 0.1) is 5.82 Å². The van der Waals surface area contributed by atoms with Gasteiger partial charge in [-0.25, -0.2) is 14.2 Å². The number of piperazine rings is 1. The summed E-state index contributed by atoms with van der Waals surface area (Å²) >= 11 is 0. The molecule has 0 atom stereocenters. The molecule has 1 N–H and O–H groups in total. The summed E-state index contributed by atoms with van der Waals surface area (Å²) in [6.45, 7) is 4.75. The molecule has 1 fully saturated rings. The normalized spacial score (nSPS) is 15.6. The molecule has 3 heterocycles. The molecular weight excluding hydrogens is 351 g/mol. The average Bonchev–Trinajstić information content (AvgIpc) is 3.06. The van der Waals surface area contributed by atoms with Crippen molar-refractivity contribution < 1.29 is 4.39 Å². The zero-order chi connectivity index (χ0) is 19.0. The van der Waals surface area contributed by atoms with Crippen LogP contribution in [0.2, 0.25) is 0 Å². The summed E-state index contributed by atoms with van der Waals surface area (Å²) in [5.41, 5.74) is 0.880. The third-order valence-corrected chi connectivity index (χ3v) is 5.08. The summed E-state index contributed by atoms with van der Waals surface area (Å²) in [6, 6.07) is 6.11. The summed E-state index contributed by atoms with van der Waals surface area (Å²) in [7, 11) is 1.46. The molecule has 1 saturated heterocycles. The van der Waals surface area contributed by atoms with Gasteiger partial charge in [0.05, 0.1) is 17.4 Å². The van der Waals surface area contributed by atoms with Crippen molar-refractivity contribution in [2.24, 2.45) is 7.05 Å². The van der Waals surface area contributed by atoms with Crippen molar-refractivity contribution in [3.8, 4) is 0 Å². The lowest BCUT2D eigenvalue weighted by Crippen LogP contribution is -2.48. The van der Waals surface area contributed by atoms with Crippen molar-refractivity contribution in [2.75, 3.05) is 37.6 Å². The number of anilines is 1. The third kappa shape index (κ3) is 3.50. The molecule has 4 rings (SSSR count). The van der Waals surface area contributed by atoms with Crippen LogP contribution in [0.1, 0.15) is 0 Å². The lowest BCUT2D eigenvalue weighted by Gasteiger charge is -2.35. The monoisotopic (exact) mass is 372 g/mol. The predicted octanol–water partition coefficient (Wildman–Crippen LogP) is 0.385. The van der Waals surface area contributed by atoms with Crippen LogP contribution in [0.15, 0.2) is 40.2 Å². The van der Waals surface area contributed by atoms with Crippen molar-refractivity contribution in [1.29, 1.82) is 0 Å². The minimum atomic E-state index is -0.400. The van der Waals surface area contributed by atoms with Crippen LogP contribution in [-0.2, 0) is 13.6 Å². The molecule has 1 aromatic carbocycles. The minimum Gasteiger partial charge on any atom is -0.355 e. The van der Waals surface area contributed by atoms with E-state index < -0.39 is 5.69 Å². The molecule has 27 heavy (non-hydrogen) atoms. The van der Waals surface area contributed by atoms with Crippen molar-refractivity contribution in [1.82, 2.24) is 24.0 Å². The number of benzene rings is 1. The second-order valence-corrected chi connectivity index (χ2v) is 6.76. The van der Waals surface area contributed by atoms with E-state index in [2.05, 4.69) is 14.9 Å². The summed E-state index contributed by atoms with van der Waals surface area (Å²) in [5, 5.41) is 0. The summed E-state index contributed by atoms with van der Waals surface area (Å²) in [4.78, 5) is 34.9. The van der Waals surface area contributed by atoms with E-state index in [4.69, 9.17) is 0 Å². The maximum atomic E-state index is 13.3. The lowest BCUT2D eigenvalue weighted by atomic mass is 10.3. The van der Waals surface area contributed by atoms with Crippen LogP contribution in [0.3, 0.4) is 0 Å². The molecule has 8 nitrogen and oxygen atoms in total. The topological polar surface area (TPSA) is 79.2 Å². The molecule has 0 radical (unpaired) electrons. The van der Waals surface area contributed by atoms with Crippen molar-refractivity contribution in [2.45, 2.75) is 6.54 Å². The number of aromatic amines is 1. The Morgan fingerprint density at radius 2 is 1.89 bits per heavy atom. The highest BCUT2D eigenvalue weighted by molar-refractivity contribution is 5.75. The highest BCUT2D eigenvalue weighted by Gasteiger charge is 2.18. The largest absolute Gasteiger partial charge is 0.355 e. The van der Waals surface area contributed by atoms with Crippen molar-refractivity contribution in [3.63, 3.8) is 0 Å². The van der Waals surface area contributed by atoms with Gasteiger partial charge in [0, 0.05) is 58.4 Å². The maximum Gasteiger partial charge on any atom is 0.329 e. The van der Waals surface area contributed by atoms with Gasteiger partial charge in [0.15, 0.2) is 0 Å². The van der Waals surface area contributed by atoms with E-state index in [-0.39, 0.29) is 11.4 Å². The highest BCUT2D eigenvalue weighted by atomic mass is 19.1. The molecule has 0 bridgehead atoms. The van der Waals surface area contributed by atoms with Crippen LogP contribution in [0.5, 0.6) is 0 Å². The standard InChI is InChI=1S/C18H21FN6O2/c1-22-17(26)11-16(21-18(22)27)24-7-4-23(5-8-24)6-9-25-12-20-14-10-13(19)2-3-15(14)25/h2-3,10-12H,4-9H2,1H3,(H,21,27). The number of hydrogen-bond donors (Lipinski definition) is 1. The number of imidazole rings is 1. The fraction of sp³-hybridized carbons (Fsp3) is 0.389. The summed E-state index contributed by atoms with van der Waals surface area (Å²) < 4.78 is 16.3. The molecule has 0 saturated carbocycles. The Balaban J connectivity index is 1.37. The van der Waals surface area contributed by atoms with Crippen LogP contribution in [0.25, 0.3) is 11.0 Å². The molecule has 2 aromatic heterocycles. The molecule has 0 spiro atoms. The fourth-order valence-corrected chi connectivity index (χ4v) is 3.39. The number of H-pyrrole nitrogens is 1. The SMILES string of the molecule is Cn1c(=O)cc(N2CCN(CCn3cnc4cc(F)ccc43)CC2)[nH]c1=O. The van der Waals surface area contributed by atoms with Crippen LogP contribution < -0.4 is 16.1 Å². The fourth-order valence-electron chi connectivity index (χ4n) is 3.39. The van der Waals surface area contributed by atoms with Crippen molar-refractivity contribution in [3.05, 3.63) is 57.2 Å². The number of nitrogens with one attached hydrogen (secondary N) is 1. The van der Waals surface area contributed by atoms with Gasteiger partial charge in [0.25, 0.3) is 5.56 Å². The Morgan fingerprint density at radius 3 is 2.63 bits per heavy atom. The predicted molar refractivity (Wildman–Crippen MR) is 101 cm³/mol. The van der Waals surface area contributed by atoms with Gasteiger partial charge in [0.2, 0.25) is 0 Å². The summed E-state index contributed by atoms with van der Waals surface area (Å²) in [6.07, 6.45) is 1.74. The second kappa shape index (κ2) is 6.99. The molecule has 142 valence electrons. The van der Waals surface area contributed by atoms with E-state index in [1.807, 2.05) is 9.47 Å². The highest BCUT2D eigenvalue weighted by Crippen LogP contribution is 2.15. The first-order valence-electron chi connectivity index (χ1n) is 8.89. The Labute approximate surface area is 154 Å². The van der Waals surface area contributed by atoms with Gasteiger partial charge in [0.1, 0.15) is 11.6 Å². The molecule has 3 aromatic rings. The van der Waals surface area contributed by atoms with E-state index in [9.17, 15) is 14.0 Å². The molecule has 0 amide bonds. The Hall–Kier alpha value is -2.94. The lowest BCUT2D eigenvalue weighted by molar-refractivity contribution is 0.248. The summed E-state index contributed by atoms with van der Waals surface area (Å²) in [5.74, 6) is 0.294. The molecule has 0 unspecified atom stereocenters. The number of rotatable bonds is 4. The van der Waals surface area contributed by atoms with Crippen LogP contribution in [-0.4, -0.2) is 56.7 Å². The van der Waals surface area contributed by atoms with E-state index in [1.54, 1.807) is 12.4 Å². The first kappa shape index (κ1) is 17.5. The smallest absolute Gasteiger partial charge is 0.329 e. The van der Waals surface area contributed by atoms with Gasteiger partial charge in [-0.05, 0) is 12.1 Å². The third-order valence-electron chi connectivity index (χ3n) is 5.08. The van der Waals surface area contributed by atoms with Gasteiger partial charge in [-0.3, -0.25) is 19.2 Å². The van der Waals surface area contributed by atoms with Crippen LogP contribution in [0.4, 0.5) is 10.2 Å². The van der Waals surface area contributed by atoms with E-state index in [1.165, 1.54) is 25.2 Å². The molecule has 0 aliphatic carbocycles. The van der Waals surface area contributed by atoms with E-state index in [0.717, 1.165) is 49.4 Å². The van der Waals surface area contributed by atoms with Gasteiger partial charge in [-0.1, -0.05) is 0 Å². The Bertz CT molecular complexity index is 1050. The molecular formula is C18H21FN6O2. The Morgan fingerprint density at radius 1 is 1.11 bits per heavy atom. The quantitative estimate of drug-likeness (QED) is 0.717. The zero-order valence-corrected chi connectivity index (χ0v) is 15.1. The van der Waals surface area contributed by atoms with Crippen LogP contribution >= 0.6 is 0 Å². The van der Waals surface area contributed by atoms with Gasteiger partial charge in [-0.2, -0.15) is 0 Å². The average molecular weight is 372 g/mol. The number of fused-ring (bicyclic) bond motifs is 1. The van der Waals surface area contributed by atoms with Crippen molar-refractivity contribution >= 4 is 16.9 Å². The van der Waals surface area contributed by atoms with Gasteiger partial charge >= 0.3 is 5.69 Å². The van der Waals surface area contributed by atoms with E-state index >= 15 is 0 Å². The maximum absolute atomic E-state index is 13.3. The molecule has 9 heteroatoms. The second-order valence-electron chi connectivity index (χ2n) is 6.76. The Kier molecular flexibility index (Phi) is 4.53. The number of halogens is 1. The first-order chi connectivity index (χ1) is 13.0. The minimum absolute atomic E-state index is 0.280. The molecule has 1 aliphatic heterocycles. The van der Waals surface area contributed by atoms with Gasteiger partial charge < -0.3 is 9.47 Å². The number of nitrogens with zero attached hydrogens (tertiary/aromatic N) is 5. The first-order valence-corrected chi connectivity index (χ1v) is 8.89. The number of aromatic nitrogens is 4.